The molecular weight excluding hydrogens is 395 g/mol. The smallest absolute Gasteiger partial charge is 0.405 e. The minimum Gasteiger partial charge on any atom is -0.405 e. The summed E-state index contributed by atoms with van der Waals surface area (Å²) < 4.78 is 42.9. The molecule has 2 aromatic rings. The van der Waals surface area contributed by atoms with Crippen molar-refractivity contribution in [1.82, 2.24) is 15.1 Å². The van der Waals surface area contributed by atoms with Crippen LogP contribution in [0.4, 0.5) is 13.2 Å². The van der Waals surface area contributed by atoms with Crippen molar-refractivity contribution in [3.05, 3.63) is 66.0 Å². The molecule has 8 heteroatoms. The van der Waals surface area contributed by atoms with Crippen molar-refractivity contribution in [2.45, 2.75) is 47.5 Å². The Balaban J connectivity index is 0.00000198. The number of halogens is 3. The van der Waals surface area contributed by atoms with Gasteiger partial charge in [0.25, 0.3) is 5.91 Å². The average molecular weight is 425 g/mol. The van der Waals surface area contributed by atoms with Crippen molar-refractivity contribution >= 4 is 11.5 Å². The highest BCUT2D eigenvalue weighted by Crippen LogP contribution is 2.26. The first-order valence-corrected chi connectivity index (χ1v) is 9.67. The molecule has 1 aromatic heterocycles. The van der Waals surface area contributed by atoms with Gasteiger partial charge in [0, 0.05) is 7.05 Å². The van der Waals surface area contributed by atoms with E-state index in [9.17, 15) is 18.0 Å². The van der Waals surface area contributed by atoms with Gasteiger partial charge in [0.1, 0.15) is 5.75 Å². The van der Waals surface area contributed by atoms with Gasteiger partial charge < -0.3 is 10.1 Å². The number of ether oxygens (including phenoxy) is 1. The molecule has 0 aliphatic carbocycles. The fourth-order valence-corrected chi connectivity index (χ4v) is 2.38. The zero-order valence-corrected chi connectivity index (χ0v) is 18.3. The van der Waals surface area contributed by atoms with Crippen LogP contribution in [0, 0.1) is 0 Å². The topological polar surface area (TPSA) is 56.1 Å². The summed E-state index contributed by atoms with van der Waals surface area (Å²) in [7, 11) is 1.76. The molecule has 0 bridgehead atoms. The summed E-state index contributed by atoms with van der Waals surface area (Å²) in [5.41, 5.74) is 2.15. The molecule has 0 radical (unpaired) electrons. The molecule has 0 aliphatic heterocycles. The Morgan fingerprint density at radius 3 is 2.40 bits per heavy atom. The van der Waals surface area contributed by atoms with E-state index in [1.165, 1.54) is 18.2 Å². The largest absolute Gasteiger partial charge is 0.573 e. The molecule has 1 aromatic carbocycles. The molecule has 166 valence electrons. The number of amides is 1. The lowest BCUT2D eigenvalue weighted by Crippen LogP contribution is -2.25. The van der Waals surface area contributed by atoms with Gasteiger partial charge in [-0.15, -0.1) is 13.2 Å². The van der Waals surface area contributed by atoms with Gasteiger partial charge in [0.2, 0.25) is 0 Å². The van der Waals surface area contributed by atoms with E-state index in [1.54, 1.807) is 23.9 Å². The second kappa shape index (κ2) is 13.2. The summed E-state index contributed by atoms with van der Waals surface area (Å²) in [5, 5.41) is 6.83. The Morgan fingerprint density at radius 2 is 1.83 bits per heavy atom. The number of aryl methyl sites for hydroxylation is 1. The molecule has 0 saturated carbocycles. The third-order valence-electron chi connectivity index (χ3n) is 3.49. The number of nitrogens with zero attached hydrogens (tertiary/aromatic N) is 2. The molecule has 1 N–H and O–H groups in total. The Morgan fingerprint density at radius 1 is 1.23 bits per heavy atom. The highest BCUT2D eigenvalue weighted by Gasteiger charge is 2.32. The number of allylic oxidation sites excluding steroid dienone is 3. The molecule has 5 nitrogen and oxygen atoms in total. The number of nitrogens with one attached hydrogen (secondary N) is 1. The van der Waals surface area contributed by atoms with E-state index in [0.717, 1.165) is 17.3 Å². The van der Waals surface area contributed by atoms with E-state index in [1.807, 2.05) is 40.7 Å². The summed E-state index contributed by atoms with van der Waals surface area (Å²) in [6, 6.07) is 6.95. The minimum atomic E-state index is -4.87. The number of hydrogen-bond donors (Lipinski definition) is 1. The van der Waals surface area contributed by atoms with Crippen LogP contribution in [0.1, 0.15) is 56.4 Å². The quantitative estimate of drug-likeness (QED) is 0.587. The van der Waals surface area contributed by atoms with Gasteiger partial charge in [-0.25, -0.2) is 0 Å². The minimum absolute atomic E-state index is 0.0639. The molecule has 2 rings (SSSR count). The predicted molar refractivity (Wildman–Crippen MR) is 114 cm³/mol. The normalized spacial score (nSPS) is 10.8. The molecule has 0 saturated heterocycles. The molecule has 0 spiro atoms. The number of hydrogen-bond acceptors (Lipinski definition) is 3. The average Bonchev–Trinajstić information content (AvgIpc) is 3.09. The number of carbonyl (C=O) groups is 1. The van der Waals surface area contributed by atoms with Crippen molar-refractivity contribution < 1.29 is 22.7 Å². The van der Waals surface area contributed by atoms with Crippen LogP contribution in [0.25, 0.3) is 5.57 Å². The molecule has 0 unspecified atom stereocenters. The van der Waals surface area contributed by atoms with Crippen LogP contribution in [0.2, 0.25) is 0 Å². The van der Waals surface area contributed by atoms with E-state index in [-0.39, 0.29) is 12.1 Å². The predicted octanol–water partition coefficient (Wildman–Crippen LogP) is 5.89. The van der Waals surface area contributed by atoms with E-state index < -0.39 is 18.0 Å². The molecule has 1 heterocycles. The third-order valence-corrected chi connectivity index (χ3v) is 3.49. The first-order valence-electron chi connectivity index (χ1n) is 9.67. The maximum atomic E-state index is 12.4. The molecule has 30 heavy (non-hydrogen) atoms. The summed E-state index contributed by atoms with van der Waals surface area (Å²) in [6.07, 6.45) is -1.40. The van der Waals surface area contributed by atoms with Crippen molar-refractivity contribution in [1.29, 1.82) is 0 Å². The van der Waals surface area contributed by atoms with E-state index in [4.69, 9.17) is 0 Å². The lowest BCUT2D eigenvalue weighted by molar-refractivity contribution is -0.274. The highest BCUT2D eigenvalue weighted by atomic mass is 19.4. The Bertz CT molecular complexity index is 840. The standard InChI is InChI=1S/C18H18F3N3O2.2C2H6/c1-4-7-12(2)15-10-13(23-24(15)3)11-22-17(25)14-8-5-6-9-16(14)26-18(19,20)21;2*1-2/h4-10H,1,11H2,2-3H3,(H,22,25);2*1-2H3/b12-7+;;. The number of alkyl halides is 3. The summed E-state index contributed by atoms with van der Waals surface area (Å²) in [6.45, 7) is 13.6. The van der Waals surface area contributed by atoms with Crippen LogP contribution in [0.5, 0.6) is 5.75 Å². The zero-order chi connectivity index (χ0) is 23.3. The maximum absolute atomic E-state index is 12.4. The molecule has 0 fully saturated rings. The maximum Gasteiger partial charge on any atom is 0.573 e. The van der Waals surface area contributed by atoms with Gasteiger partial charge >= 0.3 is 6.36 Å². The van der Waals surface area contributed by atoms with Gasteiger partial charge in [0.05, 0.1) is 23.5 Å². The number of para-hydroxylation sites is 1. The number of carbonyl (C=O) groups excluding carboxylic acids is 1. The van der Waals surface area contributed by atoms with Gasteiger partial charge in [-0.2, -0.15) is 5.10 Å². The van der Waals surface area contributed by atoms with Crippen LogP contribution < -0.4 is 10.1 Å². The fourth-order valence-electron chi connectivity index (χ4n) is 2.38. The van der Waals surface area contributed by atoms with Crippen molar-refractivity contribution in [2.75, 3.05) is 0 Å². The van der Waals surface area contributed by atoms with Crippen LogP contribution >= 0.6 is 0 Å². The van der Waals surface area contributed by atoms with Crippen molar-refractivity contribution in [3.8, 4) is 5.75 Å². The second-order valence-electron chi connectivity index (χ2n) is 5.46. The monoisotopic (exact) mass is 425 g/mol. The third kappa shape index (κ3) is 8.55. The zero-order valence-electron chi connectivity index (χ0n) is 18.3. The summed E-state index contributed by atoms with van der Waals surface area (Å²) >= 11 is 0. The highest BCUT2D eigenvalue weighted by molar-refractivity contribution is 5.96. The molecule has 0 atom stereocenters. The number of benzene rings is 1. The lowest BCUT2D eigenvalue weighted by atomic mass is 10.1. The van der Waals surface area contributed by atoms with Crippen LogP contribution in [0.15, 0.2) is 49.1 Å². The van der Waals surface area contributed by atoms with E-state index >= 15 is 0 Å². The van der Waals surface area contributed by atoms with Gasteiger partial charge in [-0.1, -0.05) is 58.6 Å². The van der Waals surface area contributed by atoms with Crippen molar-refractivity contribution in [2.24, 2.45) is 7.05 Å². The van der Waals surface area contributed by atoms with Gasteiger partial charge in [0.15, 0.2) is 0 Å². The fraction of sp³-hybridized carbons (Fsp3) is 0.364. The molecule has 0 aliphatic rings. The number of rotatable bonds is 6. The second-order valence-corrected chi connectivity index (χ2v) is 5.46. The van der Waals surface area contributed by atoms with Crippen LogP contribution in [-0.4, -0.2) is 22.1 Å². The van der Waals surface area contributed by atoms with Gasteiger partial charge in [-0.05, 0) is 30.7 Å². The van der Waals surface area contributed by atoms with Crippen LogP contribution in [-0.2, 0) is 13.6 Å². The Hall–Kier alpha value is -3.03. The summed E-state index contributed by atoms with van der Waals surface area (Å²) in [4.78, 5) is 12.2. The Labute approximate surface area is 176 Å². The first-order chi connectivity index (χ1) is 14.2. The molecular formula is C22H30F3N3O2. The Kier molecular flexibility index (Phi) is 11.9. The van der Waals surface area contributed by atoms with E-state index in [0.29, 0.717) is 5.69 Å². The van der Waals surface area contributed by atoms with E-state index in [2.05, 4.69) is 21.7 Å². The van der Waals surface area contributed by atoms with Crippen molar-refractivity contribution in [3.63, 3.8) is 0 Å². The van der Waals surface area contributed by atoms with Gasteiger partial charge in [-0.3, -0.25) is 9.48 Å². The summed E-state index contributed by atoms with van der Waals surface area (Å²) in [5.74, 6) is -1.24. The lowest BCUT2D eigenvalue weighted by Gasteiger charge is -2.12. The molecule has 1 amide bonds. The number of aromatic nitrogens is 2. The SMILES string of the molecule is C=C/C=C(\C)c1cc(CNC(=O)c2ccccc2OC(F)(F)F)nn1C.CC.CC. The first kappa shape index (κ1) is 27.0. The van der Waals surface area contributed by atoms with Crippen LogP contribution in [0.3, 0.4) is 0 Å².